The van der Waals surface area contributed by atoms with Crippen LogP contribution in [0.1, 0.15) is 31.7 Å². The van der Waals surface area contributed by atoms with Crippen molar-refractivity contribution in [3.05, 3.63) is 23.8 Å². The lowest BCUT2D eigenvalue weighted by molar-refractivity contribution is 0.315. The zero-order chi connectivity index (χ0) is 14.6. The number of ether oxygens (including phenoxy) is 1. The molecule has 0 aromatic heterocycles. The molecule has 0 unspecified atom stereocenters. The minimum absolute atomic E-state index is 0.238. The molecule has 0 amide bonds. The number of rotatable bonds is 6. The monoisotopic (exact) mass is 317 g/mol. The Balaban J connectivity index is 2.28. The molecule has 0 aliphatic carbocycles. The fraction of sp³-hybridized carbons (Fsp3) is 0.571. The lowest BCUT2D eigenvalue weighted by atomic mass is 10.2. The molecule has 1 aliphatic rings. The molecule has 0 N–H and O–H groups in total. The van der Waals surface area contributed by atoms with E-state index in [9.17, 15) is 8.42 Å². The Morgan fingerprint density at radius 1 is 1.30 bits per heavy atom. The molecule has 0 bridgehead atoms. The van der Waals surface area contributed by atoms with E-state index in [1.54, 1.807) is 18.2 Å². The molecule has 0 saturated carbocycles. The zero-order valence-electron chi connectivity index (χ0n) is 11.6. The van der Waals surface area contributed by atoms with Crippen LogP contribution >= 0.6 is 11.6 Å². The summed E-state index contributed by atoms with van der Waals surface area (Å²) in [4.78, 5) is 0.305. The first kappa shape index (κ1) is 15.6. The SMILES string of the molecule is CCCOc1ccc(S(=O)(=O)N2CCCC2)cc1CCl. The van der Waals surface area contributed by atoms with Gasteiger partial charge in [0.15, 0.2) is 0 Å². The standard InChI is InChI=1S/C14H20ClNO3S/c1-2-9-19-14-6-5-13(10-12(14)11-15)20(17,18)16-7-3-4-8-16/h5-6,10H,2-4,7-9,11H2,1H3. The van der Waals surface area contributed by atoms with Crippen molar-refractivity contribution in [2.45, 2.75) is 37.0 Å². The van der Waals surface area contributed by atoms with Crippen molar-refractivity contribution in [3.8, 4) is 5.75 Å². The van der Waals surface area contributed by atoms with Crippen LogP contribution in [0.5, 0.6) is 5.75 Å². The molecule has 6 heteroatoms. The number of hydrogen-bond donors (Lipinski definition) is 0. The third-order valence-electron chi connectivity index (χ3n) is 3.34. The highest BCUT2D eigenvalue weighted by atomic mass is 35.5. The van der Waals surface area contributed by atoms with Crippen LogP contribution in [0.2, 0.25) is 0 Å². The van der Waals surface area contributed by atoms with E-state index in [0.717, 1.165) is 24.8 Å². The first-order valence-electron chi connectivity index (χ1n) is 6.91. The van der Waals surface area contributed by atoms with Gasteiger partial charge in [0, 0.05) is 18.7 Å². The Morgan fingerprint density at radius 3 is 2.60 bits per heavy atom. The van der Waals surface area contributed by atoms with Gasteiger partial charge in [-0.15, -0.1) is 11.6 Å². The van der Waals surface area contributed by atoms with Crippen LogP contribution in [0, 0.1) is 0 Å². The summed E-state index contributed by atoms with van der Waals surface area (Å²) < 4.78 is 32.1. The summed E-state index contributed by atoms with van der Waals surface area (Å²) in [5, 5.41) is 0. The zero-order valence-corrected chi connectivity index (χ0v) is 13.2. The fourth-order valence-electron chi connectivity index (χ4n) is 2.25. The summed E-state index contributed by atoms with van der Waals surface area (Å²) in [6.45, 7) is 3.83. The second kappa shape index (κ2) is 6.78. The molecule has 1 fully saturated rings. The first-order chi connectivity index (χ1) is 9.59. The number of hydrogen-bond acceptors (Lipinski definition) is 3. The van der Waals surface area contributed by atoms with Gasteiger partial charge in [-0.1, -0.05) is 6.92 Å². The van der Waals surface area contributed by atoms with Crippen molar-refractivity contribution in [1.29, 1.82) is 0 Å². The van der Waals surface area contributed by atoms with Crippen molar-refractivity contribution >= 4 is 21.6 Å². The Labute approximate surface area is 125 Å². The third kappa shape index (κ3) is 3.27. The molecule has 4 nitrogen and oxygen atoms in total. The maximum absolute atomic E-state index is 12.5. The predicted octanol–water partition coefficient (Wildman–Crippen LogP) is 3.00. The molecule has 0 radical (unpaired) electrons. The Kier molecular flexibility index (Phi) is 5.29. The first-order valence-corrected chi connectivity index (χ1v) is 8.89. The van der Waals surface area contributed by atoms with Crippen LogP contribution in [0.4, 0.5) is 0 Å². The molecule has 1 aliphatic heterocycles. The smallest absolute Gasteiger partial charge is 0.243 e. The summed E-state index contributed by atoms with van der Waals surface area (Å²) in [7, 11) is -3.39. The van der Waals surface area contributed by atoms with E-state index < -0.39 is 10.0 Å². The second-order valence-corrected chi connectivity index (χ2v) is 7.07. The molecule has 1 aromatic rings. The van der Waals surface area contributed by atoms with Crippen molar-refractivity contribution < 1.29 is 13.2 Å². The van der Waals surface area contributed by atoms with E-state index in [0.29, 0.717) is 30.3 Å². The van der Waals surface area contributed by atoms with Crippen LogP contribution in [0.25, 0.3) is 0 Å². The molecular formula is C14H20ClNO3S. The number of sulfonamides is 1. The number of alkyl halides is 1. The highest BCUT2D eigenvalue weighted by molar-refractivity contribution is 7.89. The molecule has 1 heterocycles. The van der Waals surface area contributed by atoms with E-state index in [2.05, 4.69) is 0 Å². The largest absolute Gasteiger partial charge is 0.493 e. The van der Waals surface area contributed by atoms with Crippen LogP contribution in [0.15, 0.2) is 23.1 Å². The highest BCUT2D eigenvalue weighted by Gasteiger charge is 2.27. The number of benzene rings is 1. The molecule has 0 spiro atoms. The van der Waals surface area contributed by atoms with Crippen LogP contribution < -0.4 is 4.74 Å². The molecule has 20 heavy (non-hydrogen) atoms. The van der Waals surface area contributed by atoms with E-state index in [-0.39, 0.29) is 5.88 Å². The van der Waals surface area contributed by atoms with Gasteiger partial charge >= 0.3 is 0 Å². The van der Waals surface area contributed by atoms with Crippen LogP contribution in [-0.4, -0.2) is 32.4 Å². The molecule has 112 valence electrons. The normalized spacial score (nSPS) is 16.5. The average Bonchev–Trinajstić information content (AvgIpc) is 2.99. The van der Waals surface area contributed by atoms with Gasteiger partial charge in [0.1, 0.15) is 5.75 Å². The Hall–Kier alpha value is -0.780. The van der Waals surface area contributed by atoms with Crippen LogP contribution in [-0.2, 0) is 15.9 Å². The fourth-order valence-corrected chi connectivity index (χ4v) is 4.03. The summed E-state index contributed by atoms with van der Waals surface area (Å²) in [6.07, 6.45) is 2.76. The van der Waals surface area contributed by atoms with Gasteiger partial charge in [0.2, 0.25) is 10.0 Å². The minimum Gasteiger partial charge on any atom is -0.493 e. The summed E-state index contributed by atoms with van der Waals surface area (Å²) >= 11 is 5.90. The predicted molar refractivity (Wildman–Crippen MR) is 79.8 cm³/mol. The molecule has 1 saturated heterocycles. The molecular weight excluding hydrogens is 298 g/mol. The van der Waals surface area contributed by atoms with Crippen molar-refractivity contribution in [3.63, 3.8) is 0 Å². The van der Waals surface area contributed by atoms with E-state index in [4.69, 9.17) is 16.3 Å². The van der Waals surface area contributed by atoms with Gasteiger partial charge in [0.25, 0.3) is 0 Å². The maximum Gasteiger partial charge on any atom is 0.243 e. The highest BCUT2D eigenvalue weighted by Crippen LogP contribution is 2.27. The Morgan fingerprint density at radius 2 is 2.00 bits per heavy atom. The van der Waals surface area contributed by atoms with E-state index in [1.807, 2.05) is 6.92 Å². The van der Waals surface area contributed by atoms with Crippen molar-refractivity contribution in [2.24, 2.45) is 0 Å². The summed E-state index contributed by atoms with van der Waals surface area (Å²) in [5.41, 5.74) is 0.723. The van der Waals surface area contributed by atoms with Gasteiger partial charge < -0.3 is 4.74 Å². The average molecular weight is 318 g/mol. The minimum atomic E-state index is -3.39. The topological polar surface area (TPSA) is 46.6 Å². The lowest BCUT2D eigenvalue weighted by Crippen LogP contribution is -2.27. The lowest BCUT2D eigenvalue weighted by Gasteiger charge is -2.17. The van der Waals surface area contributed by atoms with Gasteiger partial charge in [0.05, 0.1) is 17.4 Å². The number of nitrogens with zero attached hydrogens (tertiary/aromatic N) is 1. The molecule has 0 atom stereocenters. The van der Waals surface area contributed by atoms with Gasteiger partial charge in [-0.3, -0.25) is 0 Å². The quantitative estimate of drug-likeness (QED) is 0.758. The van der Waals surface area contributed by atoms with E-state index >= 15 is 0 Å². The second-order valence-electron chi connectivity index (χ2n) is 4.86. The van der Waals surface area contributed by atoms with E-state index in [1.165, 1.54) is 4.31 Å². The van der Waals surface area contributed by atoms with Crippen molar-refractivity contribution in [2.75, 3.05) is 19.7 Å². The van der Waals surface area contributed by atoms with Crippen molar-refractivity contribution in [1.82, 2.24) is 4.31 Å². The van der Waals surface area contributed by atoms with Crippen LogP contribution in [0.3, 0.4) is 0 Å². The van der Waals surface area contributed by atoms with Gasteiger partial charge in [-0.25, -0.2) is 8.42 Å². The Bertz CT molecular complexity index is 554. The number of halogens is 1. The molecule has 2 rings (SSSR count). The van der Waals surface area contributed by atoms with Gasteiger partial charge in [-0.05, 0) is 37.5 Å². The van der Waals surface area contributed by atoms with Gasteiger partial charge in [-0.2, -0.15) is 4.31 Å². The molecule has 1 aromatic carbocycles. The third-order valence-corrected chi connectivity index (χ3v) is 5.52. The summed E-state index contributed by atoms with van der Waals surface area (Å²) in [6, 6.07) is 4.94. The maximum atomic E-state index is 12.5. The summed E-state index contributed by atoms with van der Waals surface area (Å²) in [5.74, 6) is 0.907.